The van der Waals surface area contributed by atoms with Crippen LogP contribution in [0, 0.1) is 5.92 Å². The van der Waals surface area contributed by atoms with Crippen molar-refractivity contribution < 1.29 is 14.3 Å². The van der Waals surface area contributed by atoms with E-state index >= 15 is 0 Å². The van der Waals surface area contributed by atoms with Crippen molar-refractivity contribution in [2.24, 2.45) is 5.92 Å². The Hall–Kier alpha value is -0.290. The minimum Gasteiger partial charge on any atom is -0.444 e. The molecule has 23 heavy (non-hydrogen) atoms. The fourth-order valence-corrected chi connectivity index (χ4v) is 4.19. The van der Waals surface area contributed by atoms with Crippen molar-refractivity contribution >= 4 is 22.0 Å². The van der Waals surface area contributed by atoms with E-state index in [2.05, 4.69) is 22.9 Å². The van der Waals surface area contributed by atoms with E-state index < -0.39 is 5.60 Å². The number of ether oxygens (including phenoxy) is 2. The average Bonchev–Trinajstić information content (AvgIpc) is 2.48. The second kappa shape index (κ2) is 7.73. The van der Waals surface area contributed by atoms with Crippen LogP contribution in [0.15, 0.2) is 0 Å². The summed E-state index contributed by atoms with van der Waals surface area (Å²) < 4.78 is 12.1. The van der Waals surface area contributed by atoms with E-state index in [1.807, 2.05) is 25.7 Å². The first-order valence-corrected chi connectivity index (χ1v) is 10.1. The Morgan fingerprint density at radius 2 is 1.96 bits per heavy atom. The number of nitrogens with zero attached hydrogens (tertiary/aromatic N) is 1. The van der Waals surface area contributed by atoms with Crippen LogP contribution < -0.4 is 0 Å². The maximum atomic E-state index is 12.4. The van der Waals surface area contributed by atoms with Gasteiger partial charge in [0.1, 0.15) is 5.60 Å². The van der Waals surface area contributed by atoms with Crippen LogP contribution in [0.1, 0.15) is 66.2 Å². The number of hydrogen-bond acceptors (Lipinski definition) is 3. The van der Waals surface area contributed by atoms with Crippen LogP contribution in [0.5, 0.6) is 0 Å². The van der Waals surface area contributed by atoms with Crippen molar-refractivity contribution in [2.45, 2.75) is 83.5 Å². The van der Waals surface area contributed by atoms with Gasteiger partial charge in [0.2, 0.25) is 0 Å². The highest BCUT2D eigenvalue weighted by atomic mass is 79.9. The van der Waals surface area contributed by atoms with Gasteiger partial charge in [0, 0.05) is 11.9 Å². The summed E-state index contributed by atoms with van der Waals surface area (Å²) in [6.07, 6.45) is 7.02. The van der Waals surface area contributed by atoms with Gasteiger partial charge in [-0.3, -0.25) is 0 Å². The third-order valence-electron chi connectivity index (χ3n) is 4.87. The molecule has 1 aliphatic carbocycles. The molecule has 1 amide bonds. The van der Waals surface area contributed by atoms with Crippen molar-refractivity contribution in [2.75, 3.05) is 18.4 Å². The molecule has 3 unspecified atom stereocenters. The van der Waals surface area contributed by atoms with E-state index in [4.69, 9.17) is 9.47 Å². The molecule has 0 aromatic carbocycles. The minimum absolute atomic E-state index is 0.220. The van der Waals surface area contributed by atoms with Crippen LogP contribution >= 0.6 is 15.9 Å². The van der Waals surface area contributed by atoms with Gasteiger partial charge >= 0.3 is 6.09 Å². The van der Waals surface area contributed by atoms with Gasteiger partial charge in [-0.25, -0.2) is 4.79 Å². The van der Waals surface area contributed by atoms with Crippen molar-refractivity contribution in [1.82, 2.24) is 4.90 Å². The number of carbonyl (C=O) groups is 1. The van der Waals surface area contributed by atoms with Crippen LogP contribution in [0.3, 0.4) is 0 Å². The van der Waals surface area contributed by atoms with E-state index in [1.54, 1.807) is 0 Å². The van der Waals surface area contributed by atoms with Crippen LogP contribution in [-0.2, 0) is 9.47 Å². The summed E-state index contributed by atoms with van der Waals surface area (Å²) in [7, 11) is 0. The van der Waals surface area contributed by atoms with Crippen molar-refractivity contribution in [3.05, 3.63) is 0 Å². The molecule has 0 N–H and O–H groups in total. The predicted molar refractivity (Wildman–Crippen MR) is 96.1 cm³/mol. The SMILES string of the molecule is CC1CCCCC1OC1(CBr)CCCN(C(=O)OC(C)(C)C)C1. The number of halogens is 1. The zero-order chi connectivity index (χ0) is 17.1. The summed E-state index contributed by atoms with van der Waals surface area (Å²) in [6.45, 7) is 9.40. The van der Waals surface area contributed by atoms with Crippen LogP contribution in [0.25, 0.3) is 0 Å². The summed E-state index contributed by atoms with van der Waals surface area (Å²) >= 11 is 3.65. The molecule has 1 saturated carbocycles. The second-order valence-electron chi connectivity index (χ2n) is 8.24. The predicted octanol–water partition coefficient (Wildman–Crippen LogP) is 4.75. The van der Waals surface area contributed by atoms with Crippen LogP contribution in [0.4, 0.5) is 4.79 Å². The normalized spacial score (nSPS) is 32.7. The largest absolute Gasteiger partial charge is 0.444 e. The monoisotopic (exact) mass is 389 g/mol. The lowest BCUT2D eigenvalue weighted by Gasteiger charge is -2.45. The third kappa shape index (κ3) is 5.35. The Bertz CT molecular complexity index is 410. The number of hydrogen-bond donors (Lipinski definition) is 0. The number of rotatable bonds is 3. The smallest absolute Gasteiger partial charge is 0.410 e. The topological polar surface area (TPSA) is 38.8 Å². The molecule has 2 rings (SSSR count). The molecule has 3 atom stereocenters. The zero-order valence-electron chi connectivity index (χ0n) is 15.1. The molecular formula is C18H32BrNO3. The first-order chi connectivity index (χ1) is 10.7. The molecule has 0 bridgehead atoms. The maximum Gasteiger partial charge on any atom is 0.410 e. The molecule has 0 spiro atoms. The van der Waals surface area contributed by atoms with Crippen molar-refractivity contribution in [1.29, 1.82) is 0 Å². The van der Waals surface area contributed by atoms with E-state index in [0.29, 0.717) is 18.6 Å². The van der Waals surface area contributed by atoms with Gasteiger partial charge in [0.05, 0.1) is 18.2 Å². The molecule has 0 aromatic heterocycles. The van der Waals surface area contributed by atoms with E-state index in [0.717, 1.165) is 31.1 Å². The Labute approximate surface area is 149 Å². The van der Waals surface area contributed by atoms with Crippen LogP contribution in [-0.4, -0.2) is 46.7 Å². The summed E-state index contributed by atoms with van der Waals surface area (Å²) in [6, 6.07) is 0. The fraction of sp³-hybridized carbons (Fsp3) is 0.944. The molecule has 134 valence electrons. The molecule has 1 aliphatic heterocycles. The average molecular weight is 390 g/mol. The Morgan fingerprint density at radius 1 is 1.26 bits per heavy atom. The van der Waals surface area contributed by atoms with Gasteiger partial charge in [0.25, 0.3) is 0 Å². The summed E-state index contributed by atoms with van der Waals surface area (Å²) in [5, 5.41) is 0.766. The lowest BCUT2D eigenvalue weighted by molar-refractivity contribution is -0.136. The van der Waals surface area contributed by atoms with E-state index in [9.17, 15) is 4.79 Å². The molecular weight excluding hydrogens is 358 g/mol. The standard InChI is InChI=1S/C18H32BrNO3/c1-14-8-5-6-9-15(14)22-18(12-19)10-7-11-20(13-18)16(21)23-17(2,3)4/h14-15H,5-13H2,1-4H3. The van der Waals surface area contributed by atoms with Crippen molar-refractivity contribution in [3.8, 4) is 0 Å². The molecule has 0 radical (unpaired) electrons. The molecule has 2 fully saturated rings. The highest BCUT2D eigenvalue weighted by molar-refractivity contribution is 9.09. The Balaban J connectivity index is 2.01. The number of piperidine rings is 1. The van der Waals surface area contributed by atoms with Crippen LogP contribution in [0.2, 0.25) is 0 Å². The van der Waals surface area contributed by atoms with Gasteiger partial charge in [-0.05, 0) is 52.4 Å². The quantitative estimate of drug-likeness (QED) is 0.653. The zero-order valence-corrected chi connectivity index (χ0v) is 16.7. The van der Waals surface area contributed by atoms with Gasteiger partial charge in [-0.1, -0.05) is 35.7 Å². The summed E-state index contributed by atoms with van der Waals surface area (Å²) in [5.74, 6) is 0.608. The second-order valence-corrected chi connectivity index (χ2v) is 8.80. The first kappa shape index (κ1) is 19.0. The maximum absolute atomic E-state index is 12.4. The number of carbonyl (C=O) groups excluding carboxylic acids is 1. The van der Waals surface area contributed by atoms with E-state index in [-0.39, 0.29) is 11.7 Å². The fourth-order valence-electron chi connectivity index (χ4n) is 3.60. The third-order valence-corrected chi connectivity index (χ3v) is 5.89. The number of amides is 1. The van der Waals surface area contributed by atoms with Gasteiger partial charge < -0.3 is 14.4 Å². The Morgan fingerprint density at radius 3 is 2.57 bits per heavy atom. The number of alkyl halides is 1. The molecule has 2 aliphatic rings. The molecule has 4 nitrogen and oxygen atoms in total. The van der Waals surface area contributed by atoms with E-state index in [1.165, 1.54) is 19.3 Å². The molecule has 1 saturated heterocycles. The number of likely N-dealkylation sites (tertiary alicyclic amines) is 1. The summed E-state index contributed by atoms with van der Waals surface area (Å²) in [5.41, 5.74) is -0.726. The lowest BCUT2D eigenvalue weighted by atomic mass is 9.86. The molecule has 5 heteroatoms. The lowest BCUT2D eigenvalue weighted by Crippen LogP contribution is -2.55. The van der Waals surface area contributed by atoms with Crippen molar-refractivity contribution in [3.63, 3.8) is 0 Å². The highest BCUT2D eigenvalue weighted by Crippen LogP contribution is 2.35. The van der Waals surface area contributed by atoms with Gasteiger partial charge in [-0.15, -0.1) is 0 Å². The van der Waals surface area contributed by atoms with Gasteiger partial charge in [0.15, 0.2) is 0 Å². The molecule has 1 heterocycles. The Kier molecular flexibility index (Phi) is 6.40. The first-order valence-electron chi connectivity index (χ1n) is 8.96. The minimum atomic E-state index is -0.454. The molecule has 0 aromatic rings. The highest BCUT2D eigenvalue weighted by Gasteiger charge is 2.41. The summed E-state index contributed by atoms with van der Waals surface area (Å²) in [4.78, 5) is 14.2. The van der Waals surface area contributed by atoms with Gasteiger partial charge in [-0.2, -0.15) is 0 Å².